The van der Waals surface area contributed by atoms with E-state index in [-0.39, 0.29) is 12.8 Å². The molecule has 2 N–H and O–H groups in total. The summed E-state index contributed by atoms with van der Waals surface area (Å²) in [6, 6.07) is 7.58. The van der Waals surface area contributed by atoms with Crippen molar-refractivity contribution in [3.05, 3.63) is 47.5 Å². The van der Waals surface area contributed by atoms with Crippen LogP contribution in [0, 0.1) is 5.92 Å². The number of rotatable bonds is 4. The van der Waals surface area contributed by atoms with Crippen LogP contribution in [-0.4, -0.2) is 38.3 Å². The fourth-order valence-electron chi connectivity index (χ4n) is 3.93. The molecule has 2 atom stereocenters. The lowest BCUT2D eigenvalue weighted by molar-refractivity contribution is -0.171. The average molecular weight is 450 g/mol. The summed E-state index contributed by atoms with van der Waals surface area (Å²) in [4.78, 5) is 25.2. The SMILES string of the molecule is COc1ccc2c(c1)Oc1cc(OC)ccc1C2NC(=O)C1CCC(C(F)(F)F)NC1=O. The second-order valence-electron chi connectivity index (χ2n) is 7.58. The van der Waals surface area contributed by atoms with Gasteiger partial charge in [-0.1, -0.05) is 0 Å². The molecule has 2 heterocycles. The van der Waals surface area contributed by atoms with E-state index in [9.17, 15) is 22.8 Å². The standard InChI is InChI=1S/C22H21F3N2O5/c1-30-11-3-5-13-16(9-11)32-17-10-12(31-2)4-6-14(17)19(13)27-21(29)15-7-8-18(22(23,24)25)26-20(15)28/h3-6,9-10,15,18-19H,7-8H2,1-2H3,(H,26,28)(H,27,29). The van der Waals surface area contributed by atoms with Crippen molar-refractivity contribution in [3.63, 3.8) is 0 Å². The van der Waals surface area contributed by atoms with Gasteiger partial charge in [-0.25, -0.2) is 0 Å². The number of nitrogens with one attached hydrogen (secondary N) is 2. The van der Waals surface area contributed by atoms with Crippen molar-refractivity contribution in [2.45, 2.75) is 31.1 Å². The summed E-state index contributed by atoms with van der Waals surface area (Å²) >= 11 is 0. The van der Waals surface area contributed by atoms with Crippen LogP contribution in [0.15, 0.2) is 36.4 Å². The summed E-state index contributed by atoms with van der Waals surface area (Å²) in [7, 11) is 3.02. The summed E-state index contributed by atoms with van der Waals surface area (Å²) in [5.41, 5.74) is 1.25. The minimum atomic E-state index is -4.55. The largest absolute Gasteiger partial charge is 0.497 e. The lowest BCUT2D eigenvalue weighted by Gasteiger charge is -2.33. The molecule has 0 saturated carbocycles. The van der Waals surface area contributed by atoms with Gasteiger partial charge in [-0.05, 0) is 37.1 Å². The van der Waals surface area contributed by atoms with Crippen LogP contribution in [0.4, 0.5) is 13.2 Å². The number of methoxy groups -OCH3 is 2. The van der Waals surface area contributed by atoms with Gasteiger partial charge in [-0.2, -0.15) is 13.2 Å². The highest BCUT2D eigenvalue weighted by Crippen LogP contribution is 2.45. The molecule has 2 unspecified atom stereocenters. The Balaban J connectivity index is 1.62. The molecular weight excluding hydrogens is 429 g/mol. The van der Waals surface area contributed by atoms with E-state index in [1.54, 1.807) is 36.4 Å². The maximum atomic E-state index is 13.0. The summed E-state index contributed by atoms with van der Waals surface area (Å²) in [6.45, 7) is 0. The Labute approximate surface area is 181 Å². The molecule has 0 spiro atoms. The smallest absolute Gasteiger partial charge is 0.408 e. The van der Waals surface area contributed by atoms with E-state index in [0.717, 1.165) is 0 Å². The number of ether oxygens (including phenoxy) is 3. The topological polar surface area (TPSA) is 85.9 Å². The first-order valence-electron chi connectivity index (χ1n) is 9.92. The number of fused-ring (bicyclic) bond motifs is 2. The van der Waals surface area contributed by atoms with Crippen LogP contribution < -0.4 is 24.8 Å². The van der Waals surface area contributed by atoms with E-state index in [1.165, 1.54) is 14.2 Å². The van der Waals surface area contributed by atoms with Crippen molar-refractivity contribution >= 4 is 11.8 Å². The van der Waals surface area contributed by atoms with E-state index in [2.05, 4.69) is 5.32 Å². The Morgan fingerprint density at radius 2 is 1.59 bits per heavy atom. The molecule has 2 aliphatic rings. The second kappa shape index (κ2) is 8.25. The molecule has 1 saturated heterocycles. The Kier molecular flexibility index (Phi) is 5.62. The lowest BCUT2D eigenvalue weighted by atomic mass is 9.90. The molecule has 2 amide bonds. The maximum absolute atomic E-state index is 13.0. The number of benzene rings is 2. The number of hydrogen-bond acceptors (Lipinski definition) is 5. The first kappa shape index (κ1) is 21.8. The predicted molar refractivity (Wildman–Crippen MR) is 107 cm³/mol. The third-order valence-electron chi connectivity index (χ3n) is 5.66. The number of alkyl halides is 3. The number of piperidine rings is 1. The van der Waals surface area contributed by atoms with Crippen LogP contribution in [0.5, 0.6) is 23.0 Å². The summed E-state index contributed by atoms with van der Waals surface area (Å²) in [5, 5.41) is 4.73. The van der Waals surface area contributed by atoms with Gasteiger partial charge in [0.15, 0.2) is 0 Å². The minimum Gasteiger partial charge on any atom is -0.497 e. The second-order valence-corrected chi connectivity index (χ2v) is 7.58. The zero-order chi connectivity index (χ0) is 23.0. The van der Waals surface area contributed by atoms with Crippen LogP contribution in [0.2, 0.25) is 0 Å². The highest BCUT2D eigenvalue weighted by Gasteiger charge is 2.46. The van der Waals surface area contributed by atoms with E-state index in [4.69, 9.17) is 14.2 Å². The fourth-order valence-corrected chi connectivity index (χ4v) is 3.93. The molecule has 2 aromatic rings. The first-order chi connectivity index (χ1) is 15.2. The Bertz CT molecular complexity index is 1000. The third kappa shape index (κ3) is 4.04. The molecule has 0 bridgehead atoms. The van der Waals surface area contributed by atoms with Gasteiger partial charge in [-0.15, -0.1) is 0 Å². The van der Waals surface area contributed by atoms with Crippen LogP contribution in [0.1, 0.15) is 30.0 Å². The van der Waals surface area contributed by atoms with Crippen molar-refractivity contribution in [2.75, 3.05) is 14.2 Å². The molecule has 7 nitrogen and oxygen atoms in total. The van der Waals surface area contributed by atoms with Crippen LogP contribution in [0.25, 0.3) is 0 Å². The highest BCUT2D eigenvalue weighted by molar-refractivity contribution is 6.01. The van der Waals surface area contributed by atoms with Gasteiger partial charge in [-0.3, -0.25) is 9.59 Å². The van der Waals surface area contributed by atoms with E-state index in [0.29, 0.717) is 34.1 Å². The molecule has 170 valence electrons. The average Bonchev–Trinajstić information content (AvgIpc) is 2.77. The number of hydrogen-bond donors (Lipinski definition) is 2. The molecule has 10 heteroatoms. The number of carbonyl (C=O) groups excluding carboxylic acids is 2. The van der Waals surface area contributed by atoms with Crippen molar-refractivity contribution in [1.82, 2.24) is 10.6 Å². The van der Waals surface area contributed by atoms with Gasteiger partial charge in [0.25, 0.3) is 0 Å². The summed E-state index contributed by atoms with van der Waals surface area (Å²) in [6.07, 6.45) is -5.10. The number of amides is 2. The van der Waals surface area contributed by atoms with Crippen molar-refractivity contribution in [2.24, 2.45) is 5.92 Å². The lowest BCUT2D eigenvalue weighted by Crippen LogP contribution is -2.54. The molecule has 0 aliphatic carbocycles. The van der Waals surface area contributed by atoms with Crippen molar-refractivity contribution < 1.29 is 37.0 Å². The third-order valence-corrected chi connectivity index (χ3v) is 5.66. The van der Waals surface area contributed by atoms with E-state index < -0.39 is 36.0 Å². The van der Waals surface area contributed by atoms with Gasteiger partial charge in [0.05, 0.1) is 20.3 Å². The van der Waals surface area contributed by atoms with E-state index in [1.807, 2.05) is 5.32 Å². The van der Waals surface area contributed by atoms with Crippen LogP contribution in [0.3, 0.4) is 0 Å². The summed E-state index contributed by atoms with van der Waals surface area (Å²) in [5.74, 6) is -0.831. The predicted octanol–water partition coefficient (Wildman–Crippen LogP) is 3.47. The van der Waals surface area contributed by atoms with Crippen LogP contribution in [-0.2, 0) is 9.59 Å². The molecule has 0 aromatic heterocycles. The number of carbonyl (C=O) groups is 2. The van der Waals surface area contributed by atoms with Gasteiger partial charge in [0.1, 0.15) is 35.0 Å². The molecule has 4 rings (SSSR count). The first-order valence-corrected chi connectivity index (χ1v) is 9.92. The molecule has 0 radical (unpaired) electrons. The summed E-state index contributed by atoms with van der Waals surface area (Å²) < 4.78 is 55.2. The zero-order valence-corrected chi connectivity index (χ0v) is 17.3. The van der Waals surface area contributed by atoms with Gasteiger partial charge < -0.3 is 24.8 Å². The molecular formula is C22H21F3N2O5. The van der Waals surface area contributed by atoms with Crippen molar-refractivity contribution in [3.8, 4) is 23.0 Å². The van der Waals surface area contributed by atoms with Crippen molar-refractivity contribution in [1.29, 1.82) is 0 Å². The fraction of sp³-hybridized carbons (Fsp3) is 0.364. The Morgan fingerprint density at radius 3 is 2.06 bits per heavy atom. The quantitative estimate of drug-likeness (QED) is 0.697. The van der Waals surface area contributed by atoms with Gasteiger partial charge >= 0.3 is 6.18 Å². The maximum Gasteiger partial charge on any atom is 0.408 e. The monoisotopic (exact) mass is 450 g/mol. The molecule has 1 fully saturated rings. The molecule has 2 aliphatic heterocycles. The van der Waals surface area contributed by atoms with Gasteiger partial charge in [0.2, 0.25) is 11.8 Å². The Hall–Kier alpha value is -3.43. The Morgan fingerprint density at radius 1 is 1.03 bits per heavy atom. The number of halogens is 3. The minimum absolute atomic E-state index is 0.198. The molecule has 2 aromatic carbocycles. The normalized spacial score (nSPS) is 20.3. The highest BCUT2D eigenvalue weighted by atomic mass is 19.4. The zero-order valence-electron chi connectivity index (χ0n) is 17.3. The van der Waals surface area contributed by atoms with Gasteiger partial charge in [0, 0.05) is 23.3 Å². The molecule has 32 heavy (non-hydrogen) atoms. The van der Waals surface area contributed by atoms with Crippen LogP contribution >= 0.6 is 0 Å². The van der Waals surface area contributed by atoms with E-state index >= 15 is 0 Å².